The molecule has 0 spiro atoms. The molecule has 0 unspecified atom stereocenters. The van der Waals surface area contributed by atoms with Gasteiger partial charge in [-0.1, -0.05) is 10.8 Å². The summed E-state index contributed by atoms with van der Waals surface area (Å²) >= 11 is 0. The minimum absolute atomic E-state index is 0.801. The number of hydrogen-bond donors (Lipinski definition) is 0. The lowest BCUT2D eigenvalue weighted by molar-refractivity contribution is 0.412. The van der Waals surface area contributed by atoms with Crippen molar-refractivity contribution >= 4 is 21.6 Å². The summed E-state index contributed by atoms with van der Waals surface area (Å²) in [6, 6.07) is 3.85. The highest BCUT2D eigenvalue weighted by molar-refractivity contribution is 8.76. The van der Waals surface area contributed by atoms with Crippen molar-refractivity contribution in [1.82, 2.24) is 4.98 Å². The lowest BCUT2D eigenvalue weighted by Gasteiger charge is -1.98. The molecule has 1 aromatic rings. The third-order valence-corrected chi connectivity index (χ3v) is 2.70. The van der Waals surface area contributed by atoms with Crippen molar-refractivity contribution in [1.29, 1.82) is 0 Å². The first-order valence-corrected chi connectivity index (χ1v) is 5.63. The van der Waals surface area contributed by atoms with Gasteiger partial charge in [-0.2, -0.15) is 0 Å². The van der Waals surface area contributed by atoms with Crippen LogP contribution in [0.5, 0.6) is 5.75 Å². The maximum Gasteiger partial charge on any atom is 0.137 e. The normalized spacial score (nSPS) is 9.64. The van der Waals surface area contributed by atoms with E-state index in [0.717, 1.165) is 10.8 Å². The largest absolute Gasteiger partial charge is 0.495 e. The number of ether oxygens (including phenoxy) is 1. The second kappa shape index (κ2) is 4.51. The summed E-state index contributed by atoms with van der Waals surface area (Å²) in [5, 5.41) is 1.01. The summed E-state index contributed by atoms with van der Waals surface area (Å²) in [6.07, 6.45) is 3.75. The van der Waals surface area contributed by atoms with E-state index in [2.05, 4.69) is 4.98 Å². The van der Waals surface area contributed by atoms with Crippen LogP contribution in [0.25, 0.3) is 0 Å². The molecule has 2 nitrogen and oxygen atoms in total. The van der Waals surface area contributed by atoms with E-state index in [9.17, 15) is 0 Å². The van der Waals surface area contributed by atoms with Crippen molar-refractivity contribution in [2.45, 2.75) is 5.03 Å². The van der Waals surface area contributed by atoms with Gasteiger partial charge in [-0.05, 0) is 29.2 Å². The van der Waals surface area contributed by atoms with Crippen LogP contribution >= 0.6 is 21.6 Å². The zero-order valence-corrected chi connectivity index (χ0v) is 8.04. The van der Waals surface area contributed by atoms with E-state index < -0.39 is 0 Å². The van der Waals surface area contributed by atoms with Gasteiger partial charge in [-0.3, -0.25) is 0 Å². The first kappa shape index (κ1) is 8.74. The second-order valence-electron chi connectivity index (χ2n) is 1.79. The van der Waals surface area contributed by atoms with Crippen molar-refractivity contribution in [2.24, 2.45) is 0 Å². The minimum atomic E-state index is 0.801. The molecule has 0 radical (unpaired) electrons. The molecule has 0 bridgehead atoms. The first-order valence-electron chi connectivity index (χ1n) is 3.07. The van der Waals surface area contributed by atoms with E-state index >= 15 is 0 Å². The van der Waals surface area contributed by atoms with E-state index in [0.29, 0.717) is 0 Å². The third kappa shape index (κ3) is 2.63. The number of aromatic nitrogens is 1. The molecule has 1 rings (SSSR count). The fourth-order valence-corrected chi connectivity index (χ4v) is 1.82. The molecular weight excluding hydrogens is 178 g/mol. The molecule has 0 saturated carbocycles. The topological polar surface area (TPSA) is 22.1 Å². The maximum absolute atomic E-state index is 4.97. The van der Waals surface area contributed by atoms with Crippen LogP contribution in [-0.4, -0.2) is 18.3 Å². The summed E-state index contributed by atoms with van der Waals surface area (Å²) < 4.78 is 4.97. The predicted octanol–water partition coefficient (Wildman–Crippen LogP) is 2.46. The molecule has 11 heavy (non-hydrogen) atoms. The average molecular weight is 187 g/mol. The summed E-state index contributed by atoms with van der Waals surface area (Å²) in [5.41, 5.74) is 0. The Morgan fingerprint density at radius 2 is 2.27 bits per heavy atom. The van der Waals surface area contributed by atoms with Gasteiger partial charge in [0.2, 0.25) is 0 Å². The Labute approximate surface area is 74.1 Å². The van der Waals surface area contributed by atoms with Gasteiger partial charge in [-0.25, -0.2) is 4.98 Å². The highest BCUT2D eigenvalue weighted by atomic mass is 33.1. The van der Waals surface area contributed by atoms with Gasteiger partial charge in [0.15, 0.2) is 0 Å². The molecule has 0 fully saturated rings. The highest BCUT2D eigenvalue weighted by Crippen LogP contribution is 2.26. The van der Waals surface area contributed by atoms with Gasteiger partial charge in [0.25, 0.3) is 0 Å². The van der Waals surface area contributed by atoms with Gasteiger partial charge in [0.1, 0.15) is 10.8 Å². The molecule has 60 valence electrons. The fraction of sp³-hybridized carbons (Fsp3) is 0.286. The molecule has 1 heterocycles. The van der Waals surface area contributed by atoms with Crippen LogP contribution in [0.1, 0.15) is 0 Å². The molecule has 0 aliphatic heterocycles. The molecule has 0 atom stereocenters. The predicted molar refractivity (Wildman–Crippen MR) is 50.2 cm³/mol. The molecule has 0 amide bonds. The van der Waals surface area contributed by atoms with E-state index in [1.807, 2.05) is 18.4 Å². The lowest BCUT2D eigenvalue weighted by Crippen LogP contribution is -1.83. The van der Waals surface area contributed by atoms with Crippen LogP contribution < -0.4 is 4.74 Å². The monoisotopic (exact) mass is 187 g/mol. The molecule has 0 aliphatic carbocycles. The van der Waals surface area contributed by atoms with Crippen molar-refractivity contribution in [3.63, 3.8) is 0 Å². The van der Waals surface area contributed by atoms with Crippen LogP contribution in [0.4, 0.5) is 0 Å². The van der Waals surface area contributed by atoms with Crippen LogP contribution in [0, 0.1) is 0 Å². The van der Waals surface area contributed by atoms with Gasteiger partial charge < -0.3 is 4.74 Å². The molecule has 0 N–H and O–H groups in total. The molecule has 0 aromatic carbocycles. The average Bonchev–Trinajstić information content (AvgIpc) is 2.07. The number of methoxy groups -OCH3 is 1. The van der Waals surface area contributed by atoms with Crippen molar-refractivity contribution < 1.29 is 4.74 Å². The maximum atomic E-state index is 4.97. The summed E-state index contributed by atoms with van der Waals surface area (Å²) in [5.74, 6) is 0.801. The molecule has 1 aromatic heterocycles. The lowest BCUT2D eigenvalue weighted by atomic mass is 10.5. The minimum Gasteiger partial charge on any atom is -0.495 e. The molecule has 4 heteroatoms. The smallest absolute Gasteiger partial charge is 0.137 e. The van der Waals surface area contributed by atoms with Crippen LogP contribution in [0.3, 0.4) is 0 Å². The number of rotatable bonds is 3. The summed E-state index contributed by atoms with van der Waals surface area (Å²) in [4.78, 5) is 4.16. The van der Waals surface area contributed by atoms with Gasteiger partial charge in [0.05, 0.1) is 13.3 Å². The Hall–Kier alpha value is -0.350. The van der Waals surface area contributed by atoms with Crippen molar-refractivity contribution in [3.05, 3.63) is 18.3 Å². The molecular formula is C7H9NOS2. The fourth-order valence-electron chi connectivity index (χ4n) is 0.622. The second-order valence-corrected chi connectivity index (χ2v) is 4.20. The number of hydrogen-bond acceptors (Lipinski definition) is 4. The van der Waals surface area contributed by atoms with E-state index in [1.54, 1.807) is 34.9 Å². The third-order valence-electron chi connectivity index (χ3n) is 1.11. The molecule has 0 aliphatic rings. The van der Waals surface area contributed by atoms with E-state index in [1.165, 1.54) is 0 Å². The van der Waals surface area contributed by atoms with Gasteiger partial charge in [-0.15, -0.1) is 0 Å². The Morgan fingerprint density at radius 1 is 1.45 bits per heavy atom. The number of pyridine rings is 1. The Morgan fingerprint density at radius 3 is 2.73 bits per heavy atom. The van der Waals surface area contributed by atoms with Crippen molar-refractivity contribution in [3.8, 4) is 5.75 Å². The summed E-state index contributed by atoms with van der Waals surface area (Å²) in [6.45, 7) is 0. The van der Waals surface area contributed by atoms with Gasteiger partial charge in [0, 0.05) is 0 Å². The van der Waals surface area contributed by atoms with E-state index in [-0.39, 0.29) is 0 Å². The summed E-state index contributed by atoms with van der Waals surface area (Å²) in [7, 11) is 4.96. The van der Waals surface area contributed by atoms with Crippen LogP contribution in [-0.2, 0) is 0 Å². The van der Waals surface area contributed by atoms with Crippen LogP contribution in [0.2, 0.25) is 0 Å². The highest BCUT2D eigenvalue weighted by Gasteiger charge is 1.93. The zero-order chi connectivity index (χ0) is 8.10. The quantitative estimate of drug-likeness (QED) is 0.678. The molecule has 0 saturated heterocycles. The zero-order valence-electron chi connectivity index (χ0n) is 6.40. The number of nitrogens with zero attached hydrogens (tertiary/aromatic N) is 1. The standard InChI is InChI=1S/C7H9NOS2/c1-9-6-3-4-7(8-5-6)11-10-2/h3-5H,1-2H3. The Balaban J connectivity index is 2.66. The Bertz CT molecular complexity index is 212. The SMILES string of the molecule is COc1ccc(SSC)nc1. The first-order chi connectivity index (χ1) is 5.36. The van der Waals surface area contributed by atoms with Crippen molar-refractivity contribution in [2.75, 3.05) is 13.4 Å². The van der Waals surface area contributed by atoms with Gasteiger partial charge >= 0.3 is 0 Å². The Kier molecular flexibility index (Phi) is 3.59. The van der Waals surface area contributed by atoms with Crippen LogP contribution in [0.15, 0.2) is 23.4 Å². The van der Waals surface area contributed by atoms with E-state index in [4.69, 9.17) is 4.74 Å².